The van der Waals surface area contributed by atoms with Gasteiger partial charge in [0, 0.05) is 12.7 Å². The molecular formula is C24H26N2O2. The number of fused-ring (bicyclic) bond motifs is 5. The lowest BCUT2D eigenvalue weighted by molar-refractivity contribution is 0.228. The molecule has 0 saturated carbocycles. The summed E-state index contributed by atoms with van der Waals surface area (Å²) in [7, 11) is 3.59. The van der Waals surface area contributed by atoms with E-state index < -0.39 is 5.54 Å². The number of hydrogen-bond donors (Lipinski definition) is 1. The van der Waals surface area contributed by atoms with Gasteiger partial charge in [0.1, 0.15) is 11.3 Å². The van der Waals surface area contributed by atoms with Crippen molar-refractivity contribution in [2.75, 3.05) is 14.2 Å². The van der Waals surface area contributed by atoms with E-state index in [9.17, 15) is 4.79 Å². The third-order valence-electron chi connectivity index (χ3n) is 6.82. The highest BCUT2D eigenvalue weighted by atomic mass is 16.5. The number of carbonyl (C=O) groups is 1. The fraction of sp³-hybridized carbons (Fsp3) is 0.375. The summed E-state index contributed by atoms with van der Waals surface area (Å²) in [4.78, 5) is 14.6. The number of benzene rings is 2. The molecule has 1 aliphatic heterocycles. The van der Waals surface area contributed by atoms with E-state index in [0.29, 0.717) is 5.92 Å². The molecule has 3 aliphatic rings. The van der Waals surface area contributed by atoms with Crippen LogP contribution in [0.2, 0.25) is 0 Å². The van der Waals surface area contributed by atoms with Crippen molar-refractivity contribution in [1.82, 2.24) is 10.2 Å². The number of hydrogen-bond acceptors (Lipinski definition) is 2. The predicted molar refractivity (Wildman–Crippen MR) is 109 cm³/mol. The average Bonchev–Trinajstić information content (AvgIpc) is 3.02. The first-order valence-electron chi connectivity index (χ1n) is 10.1. The number of aryl methyl sites for hydroxylation is 2. The number of nitrogens with one attached hydrogen (secondary N) is 1. The molecule has 1 fully saturated rings. The van der Waals surface area contributed by atoms with Gasteiger partial charge < -0.3 is 10.1 Å². The van der Waals surface area contributed by atoms with Crippen LogP contribution in [0.15, 0.2) is 54.2 Å². The zero-order valence-corrected chi connectivity index (χ0v) is 16.5. The van der Waals surface area contributed by atoms with Crippen LogP contribution in [-0.2, 0) is 18.4 Å². The summed E-state index contributed by atoms with van der Waals surface area (Å²) in [6.45, 7) is 0. The van der Waals surface area contributed by atoms with Gasteiger partial charge in [0.2, 0.25) is 0 Å². The topological polar surface area (TPSA) is 41.6 Å². The molecule has 2 amide bonds. The maximum atomic E-state index is 12.8. The van der Waals surface area contributed by atoms with Gasteiger partial charge in [0.25, 0.3) is 0 Å². The highest BCUT2D eigenvalue weighted by Crippen LogP contribution is 2.47. The van der Waals surface area contributed by atoms with Gasteiger partial charge in [-0.15, -0.1) is 0 Å². The molecule has 1 heterocycles. The van der Waals surface area contributed by atoms with Crippen molar-refractivity contribution in [2.24, 2.45) is 0 Å². The minimum absolute atomic E-state index is 0.0222. The fourth-order valence-electron chi connectivity index (χ4n) is 5.33. The van der Waals surface area contributed by atoms with Crippen molar-refractivity contribution in [3.63, 3.8) is 0 Å². The third-order valence-corrected chi connectivity index (χ3v) is 6.82. The number of nitrogens with zero attached hydrogens (tertiary/aromatic N) is 1. The molecule has 2 aromatic rings. The summed E-state index contributed by atoms with van der Waals surface area (Å²) in [6.07, 6.45) is 7.15. The molecular weight excluding hydrogens is 348 g/mol. The van der Waals surface area contributed by atoms with Crippen LogP contribution in [0.1, 0.15) is 47.4 Å². The predicted octanol–water partition coefficient (Wildman–Crippen LogP) is 4.50. The minimum Gasteiger partial charge on any atom is -0.497 e. The first-order chi connectivity index (χ1) is 13.6. The maximum Gasteiger partial charge on any atom is 0.322 e. The summed E-state index contributed by atoms with van der Waals surface area (Å²) in [5.41, 5.74) is 5.98. The van der Waals surface area contributed by atoms with Crippen LogP contribution in [-0.4, -0.2) is 25.1 Å². The summed E-state index contributed by atoms with van der Waals surface area (Å²) in [6, 6.07) is 15.2. The molecule has 2 atom stereocenters. The zero-order chi connectivity index (χ0) is 19.3. The van der Waals surface area contributed by atoms with Crippen molar-refractivity contribution < 1.29 is 9.53 Å². The SMILES string of the molecule is COc1ccc2c(c1)C13CCc4ccccc4C(C/C=C/1N(C)C(=O)N3)CC2. The highest BCUT2D eigenvalue weighted by molar-refractivity contribution is 5.82. The molecule has 2 aliphatic carbocycles. The normalized spacial score (nSPS) is 27.6. The molecule has 2 bridgehead atoms. The van der Waals surface area contributed by atoms with E-state index in [-0.39, 0.29) is 6.03 Å². The van der Waals surface area contributed by atoms with Crippen LogP contribution < -0.4 is 10.1 Å². The number of urea groups is 1. The van der Waals surface area contributed by atoms with E-state index in [4.69, 9.17) is 4.74 Å². The Morgan fingerprint density at radius 1 is 1.14 bits per heavy atom. The Balaban J connectivity index is 1.77. The maximum absolute atomic E-state index is 12.8. The van der Waals surface area contributed by atoms with E-state index in [2.05, 4.69) is 47.8 Å². The van der Waals surface area contributed by atoms with Crippen molar-refractivity contribution in [3.8, 4) is 5.75 Å². The molecule has 4 nitrogen and oxygen atoms in total. The monoisotopic (exact) mass is 374 g/mol. The van der Waals surface area contributed by atoms with Crippen LogP contribution in [0.25, 0.3) is 0 Å². The van der Waals surface area contributed by atoms with Gasteiger partial charge in [0.05, 0.1) is 7.11 Å². The second-order valence-electron chi connectivity index (χ2n) is 8.18. The van der Waals surface area contributed by atoms with Crippen LogP contribution in [0, 0.1) is 0 Å². The Labute approximate surface area is 166 Å². The number of allylic oxidation sites excluding steroid dienone is 1. The fourth-order valence-corrected chi connectivity index (χ4v) is 5.33. The molecule has 2 aromatic carbocycles. The number of likely N-dealkylation sites (N-methyl/N-ethyl adjacent to an activating group) is 1. The van der Waals surface area contributed by atoms with Gasteiger partial charge >= 0.3 is 6.03 Å². The lowest BCUT2D eigenvalue weighted by Crippen LogP contribution is -2.41. The van der Waals surface area contributed by atoms with E-state index >= 15 is 0 Å². The van der Waals surface area contributed by atoms with Crippen molar-refractivity contribution in [3.05, 3.63) is 76.5 Å². The van der Waals surface area contributed by atoms with Crippen molar-refractivity contribution >= 4 is 6.03 Å². The molecule has 5 rings (SSSR count). The molecule has 0 spiro atoms. The largest absolute Gasteiger partial charge is 0.497 e. The van der Waals surface area contributed by atoms with Crippen molar-refractivity contribution in [2.45, 2.75) is 43.6 Å². The minimum atomic E-state index is -0.498. The van der Waals surface area contributed by atoms with Crippen LogP contribution in [0.5, 0.6) is 5.75 Å². The van der Waals surface area contributed by atoms with Gasteiger partial charge in [-0.2, -0.15) is 0 Å². The quantitative estimate of drug-likeness (QED) is 0.799. The second kappa shape index (κ2) is 6.40. The first kappa shape index (κ1) is 17.4. The van der Waals surface area contributed by atoms with Gasteiger partial charge in [-0.05, 0) is 72.4 Å². The Morgan fingerprint density at radius 3 is 2.86 bits per heavy atom. The smallest absolute Gasteiger partial charge is 0.322 e. The molecule has 4 heteroatoms. The molecule has 1 saturated heterocycles. The first-order valence-corrected chi connectivity index (χ1v) is 10.1. The van der Waals surface area contributed by atoms with Crippen LogP contribution in [0.3, 0.4) is 0 Å². The molecule has 0 radical (unpaired) electrons. The number of rotatable bonds is 1. The molecule has 1 N–H and O–H groups in total. The molecule has 28 heavy (non-hydrogen) atoms. The number of carbonyl (C=O) groups excluding carboxylic acids is 1. The molecule has 0 aromatic heterocycles. The molecule has 144 valence electrons. The van der Waals surface area contributed by atoms with Crippen LogP contribution >= 0.6 is 0 Å². The Hall–Kier alpha value is -2.75. The van der Waals surface area contributed by atoms with Crippen LogP contribution in [0.4, 0.5) is 4.79 Å². The zero-order valence-electron chi connectivity index (χ0n) is 16.5. The number of ether oxygens (including phenoxy) is 1. The van der Waals surface area contributed by atoms with E-state index in [1.807, 2.05) is 18.0 Å². The summed E-state index contributed by atoms with van der Waals surface area (Å²) in [5.74, 6) is 1.31. The summed E-state index contributed by atoms with van der Waals surface area (Å²) >= 11 is 0. The Bertz CT molecular complexity index is 980. The summed E-state index contributed by atoms with van der Waals surface area (Å²) in [5, 5.41) is 3.37. The molecule has 2 unspecified atom stereocenters. The van der Waals surface area contributed by atoms with Gasteiger partial charge in [0.15, 0.2) is 0 Å². The number of methoxy groups -OCH3 is 1. The van der Waals surface area contributed by atoms with E-state index in [1.165, 1.54) is 22.3 Å². The number of amides is 2. The van der Waals surface area contributed by atoms with Crippen molar-refractivity contribution in [1.29, 1.82) is 0 Å². The lowest BCUT2D eigenvalue weighted by Gasteiger charge is -2.34. The standard InChI is InChI=1S/C24H26N2O2/c1-26-22-12-10-17-7-8-18-9-11-19(28-2)15-21(18)24(22,25-23(26)27)14-13-16-5-3-4-6-20(16)17/h3-6,9,11-12,15,17H,7-8,10,13-14H2,1-2H3,(H,25,27)/b22-12-. The lowest BCUT2D eigenvalue weighted by atomic mass is 9.77. The van der Waals surface area contributed by atoms with Gasteiger partial charge in [-0.3, -0.25) is 4.90 Å². The van der Waals surface area contributed by atoms with Gasteiger partial charge in [-0.1, -0.05) is 36.4 Å². The third kappa shape index (κ3) is 2.47. The highest BCUT2D eigenvalue weighted by Gasteiger charge is 2.49. The summed E-state index contributed by atoms with van der Waals surface area (Å²) < 4.78 is 5.55. The van der Waals surface area contributed by atoms with Gasteiger partial charge in [-0.25, -0.2) is 4.79 Å². The average molecular weight is 374 g/mol. The van der Waals surface area contributed by atoms with E-state index in [0.717, 1.165) is 43.6 Å². The Kier molecular flexibility index (Phi) is 3.97. The Morgan fingerprint density at radius 2 is 2.00 bits per heavy atom. The second-order valence-corrected chi connectivity index (χ2v) is 8.18. The van der Waals surface area contributed by atoms with E-state index in [1.54, 1.807) is 7.11 Å².